The van der Waals surface area contributed by atoms with Gasteiger partial charge in [0.1, 0.15) is 24.7 Å². The number of rotatable bonds is 18. The average Bonchev–Trinajstić information content (AvgIpc) is 2.80. The van der Waals surface area contributed by atoms with E-state index in [1.54, 1.807) is 13.8 Å². The number of carboxylic acids is 2. The zero-order valence-corrected chi connectivity index (χ0v) is 21.6. The number of aliphatic carboxylic acids is 2. The number of nitrogens with two attached hydrogens (primary N) is 2. The number of nitrogens with one attached hydrogen (secondary N) is 4. The quantitative estimate of drug-likeness (QED) is 0.0787. The van der Waals surface area contributed by atoms with Crippen LogP contribution >= 0.6 is 12.6 Å². The normalized spacial score (nSPS) is 14.0. The Bertz CT molecular complexity index is 854. The van der Waals surface area contributed by atoms with Crippen molar-refractivity contribution in [3.05, 3.63) is 0 Å². The van der Waals surface area contributed by atoms with Gasteiger partial charge in [0.05, 0.1) is 6.04 Å². The fourth-order valence-electron chi connectivity index (χ4n) is 2.97. The lowest BCUT2D eigenvalue weighted by molar-refractivity contribution is -0.139. The Morgan fingerprint density at radius 1 is 0.757 bits per heavy atom. The number of carbonyl (C=O) groups excluding carboxylic acids is 5. The van der Waals surface area contributed by atoms with Gasteiger partial charge >= 0.3 is 11.9 Å². The van der Waals surface area contributed by atoms with Crippen molar-refractivity contribution in [2.45, 2.75) is 70.1 Å². The summed E-state index contributed by atoms with van der Waals surface area (Å²) in [5, 5.41) is 26.8. The van der Waals surface area contributed by atoms with E-state index in [0.717, 1.165) is 0 Å². The summed E-state index contributed by atoms with van der Waals surface area (Å²) in [7, 11) is 0. The van der Waals surface area contributed by atoms with Crippen molar-refractivity contribution in [2.75, 3.05) is 12.3 Å². The zero-order valence-electron chi connectivity index (χ0n) is 20.7. The molecule has 0 heterocycles. The van der Waals surface area contributed by atoms with E-state index in [9.17, 15) is 33.6 Å². The van der Waals surface area contributed by atoms with Gasteiger partial charge < -0.3 is 42.9 Å². The van der Waals surface area contributed by atoms with E-state index < -0.39 is 72.2 Å². The van der Waals surface area contributed by atoms with E-state index >= 15 is 0 Å². The van der Waals surface area contributed by atoms with E-state index in [1.807, 2.05) is 0 Å². The van der Waals surface area contributed by atoms with Crippen LogP contribution in [0.5, 0.6) is 0 Å². The van der Waals surface area contributed by atoms with Crippen molar-refractivity contribution in [2.24, 2.45) is 17.4 Å². The minimum absolute atomic E-state index is 0.0642. The molecule has 37 heavy (non-hydrogen) atoms. The highest BCUT2D eigenvalue weighted by Crippen LogP contribution is 2.07. The highest BCUT2D eigenvalue weighted by atomic mass is 32.1. The lowest BCUT2D eigenvalue weighted by atomic mass is 10.0. The van der Waals surface area contributed by atoms with Gasteiger partial charge in [-0.15, -0.1) is 0 Å². The molecule has 0 spiro atoms. The third-order valence-corrected chi connectivity index (χ3v) is 5.25. The SMILES string of the molecule is CC(C)C[C@H](NC(=O)[C@@H](N)CCC(=O)O)C(=O)N[C@@H](CS)C(=O)N[C@@H](CCC(N)=O)C(=O)NCC(=O)O. The fraction of sp³-hybridized carbons (Fsp3) is 0.667. The molecule has 4 atom stereocenters. The van der Waals surface area contributed by atoms with Crippen LogP contribution in [0.1, 0.15) is 46.0 Å². The smallest absolute Gasteiger partial charge is 0.322 e. The maximum Gasteiger partial charge on any atom is 0.322 e. The van der Waals surface area contributed by atoms with E-state index in [0.29, 0.717) is 0 Å². The topological polar surface area (TPSA) is 260 Å². The Morgan fingerprint density at radius 3 is 1.78 bits per heavy atom. The van der Waals surface area contributed by atoms with Crippen LogP contribution < -0.4 is 32.7 Å². The lowest BCUT2D eigenvalue weighted by Gasteiger charge is -2.25. The van der Waals surface area contributed by atoms with Crippen molar-refractivity contribution in [3.8, 4) is 0 Å². The molecule has 0 aliphatic rings. The van der Waals surface area contributed by atoms with Crippen LogP contribution in [-0.2, 0) is 33.6 Å². The van der Waals surface area contributed by atoms with Crippen LogP contribution in [0, 0.1) is 5.92 Å². The standard InChI is InChI=1S/C21H36N6O9S/c1-10(2)7-13(26-18(33)11(22)3-6-16(29)30)20(35)27-14(9-37)21(36)25-12(4-5-15(23)28)19(34)24-8-17(31)32/h10-14,37H,3-9,22H2,1-2H3,(H2,23,28)(H,24,34)(H,25,36)(H,26,33)(H,27,35)(H,29,30)(H,31,32)/t11-,12-,13-,14-/m0/s1. The summed E-state index contributed by atoms with van der Waals surface area (Å²) in [5.41, 5.74) is 10.8. The molecular weight excluding hydrogens is 512 g/mol. The molecule has 0 fully saturated rings. The largest absolute Gasteiger partial charge is 0.481 e. The predicted octanol–water partition coefficient (Wildman–Crippen LogP) is -2.92. The Hall–Kier alpha value is -3.40. The molecule has 0 saturated heterocycles. The summed E-state index contributed by atoms with van der Waals surface area (Å²) in [4.78, 5) is 82.9. The number of thiol groups is 1. The van der Waals surface area contributed by atoms with Gasteiger partial charge in [-0.2, -0.15) is 12.6 Å². The van der Waals surface area contributed by atoms with Crippen molar-refractivity contribution in [3.63, 3.8) is 0 Å². The minimum Gasteiger partial charge on any atom is -0.481 e. The monoisotopic (exact) mass is 548 g/mol. The van der Waals surface area contributed by atoms with Gasteiger partial charge in [0.2, 0.25) is 29.5 Å². The molecule has 0 aliphatic heterocycles. The molecule has 0 aliphatic carbocycles. The minimum atomic E-state index is -1.32. The number of carbonyl (C=O) groups is 7. The molecule has 0 aromatic heterocycles. The molecule has 0 unspecified atom stereocenters. The Labute approximate surface area is 219 Å². The molecule has 15 nitrogen and oxygen atoms in total. The molecule has 10 N–H and O–H groups in total. The Kier molecular flexibility index (Phi) is 15.6. The number of carboxylic acid groups (broad SMARTS) is 2. The van der Waals surface area contributed by atoms with Crippen LogP contribution in [0.4, 0.5) is 0 Å². The molecule has 0 rings (SSSR count). The first-order valence-corrected chi connectivity index (χ1v) is 12.1. The van der Waals surface area contributed by atoms with E-state index in [-0.39, 0.29) is 43.8 Å². The van der Waals surface area contributed by atoms with E-state index in [2.05, 4.69) is 33.9 Å². The highest BCUT2D eigenvalue weighted by Gasteiger charge is 2.30. The summed E-state index contributed by atoms with van der Waals surface area (Å²) >= 11 is 4.05. The molecule has 0 aromatic rings. The first-order chi connectivity index (χ1) is 17.2. The summed E-state index contributed by atoms with van der Waals surface area (Å²) in [6.45, 7) is 2.86. The summed E-state index contributed by atoms with van der Waals surface area (Å²) in [6, 6.07) is -4.87. The average molecular weight is 549 g/mol. The number of hydrogen-bond acceptors (Lipinski definition) is 9. The van der Waals surface area contributed by atoms with Gasteiger partial charge in [-0.1, -0.05) is 13.8 Å². The molecule has 0 radical (unpaired) electrons. The van der Waals surface area contributed by atoms with E-state index in [1.165, 1.54) is 0 Å². The molecule has 210 valence electrons. The molecule has 16 heteroatoms. The zero-order chi connectivity index (χ0) is 28.7. The third-order valence-electron chi connectivity index (χ3n) is 4.89. The van der Waals surface area contributed by atoms with Crippen LogP contribution in [0.2, 0.25) is 0 Å². The molecule has 0 aromatic carbocycles. The van der Waals surface area contributed by atoms with Gasteiger partial charge in [-0.25, -0.2) is 0 Å². The predicted molar refractivity (Wildman–Crippen MR) is 133 cm³/mol. The van der Waals surface area contributed by atoms with Gasteiger partial charge in [-0.3, -0.25) is 33.6 Å². The first-order valence-electron chi connectivity index (χ1n) is 11.4. The third kappa shape index (κ3) is 14.7. The number of hydrogen-bond donors (Lipinski definition) is 9. The van der Waals surface area contributed by atoms with Crippen LogP contribution in [0.3, 0.4) is 0 Å². The Morgan fingerprint density at radius 2 is 1.30 bits per heavy atom. The molecular formula is C21H36N6O9S. The molecule has 5 amide bonds. The van der Waals surface area contributed by atoms with Crippen molar-refractivity contribution in [1.82, 2.24) is 21.3 Å². The second-order valence-electron chi connectivity index (χ2n) is 8.65. The van der Waals surface area contributed by atoms with Gasteiger partial charge in [0, 0.05) is 18.6 Å². The Balaban J connectivity index is 5.42. The second kappa shape index (κ2) is 17.1. The molecule has 0 saturated carbocycles. The maximum absolute atomic E-state index is 12.9. The van der Waals surface area contributed by atoms with Crippen LogP contribution in [-0.4, -0.2) is 88.2 Å². The fourth-order valence-corrected chi connectivity index (χ4v) is 3.23. The van der Waals surface area contributed by atoms with Crippen molar-refractivity contribution >= 4 is 54.1 Å². The molecule has 0 bridgehead atoms. The van der Waals surface area contributed by atoms with Crippen molar-refractivity contribution < 1.29 is 43.8 Å². The number of primary amides is 1. The summed E-state index contributed by atoms with van der Waals surface area (Å²) in [6.07, 6.45) is -0.819. The first kappa shape index (κ1) is 33.6. The van der Waals surface area contributed by atoms with Gasteiger partial charge in [-0.05, 0) is 25.2 Å². The number of amides is 5. The summed E-state index contributed by atoms with van der Waals surface area (Å²) < 4.78 is 0. The van der Waals surface area contributed by atoms with Crippen molar-refractivity contribution in [1.29, 1.82) is 0 Å². The van der Waals surface area contributed by atoms with Gasteiger partial charge in [0.25, 0.3) is 0 Å². The highest BCUT2D eigenvalue weighted by molar-refractivity contribution is 7.80. The summed E-state index contributed by atoms with van der Waals surface area (Å²) in [5.74, 6) is -6.69. The van der Waals surface area contributed by atoms with Crippen LogP contribution in [0.15, 0.2) is 0 Å². The maximum atomic E-state index is 12.9. The lowest BCUT2D eigenvalue weighted by Crippen LogP contribution is -2.58. The van der Waals surface area contributed by atoms with E-state index in [4.69, 9.17) is 21.7 Å². The second-order valence-corrected chi connectivity index (χ2v) is 9.02. The van der Waals surface area contributed by atoms with Crippen LogP contribution in [0.25, 0.3) is 0 Å². The van der Waals surface area contributed by atoms with Gasteiger partial charge in [0.15, 0.2) is 0 Å².